The van der Waals surface area contributed by atoms with Gasteiger partial charge in [0.25, 0.3) is 5.91 Å². The SMILES string of the molecule is CC(=O)N[C@@H](Cc1c[nH]c2ccccc12)C(=O)N[C@@H](C)C(=O)N[C@@H](Cc1ccc(O)cc1)C(=O)NCCN1CCN(CCCCC2CCN(CC(=O)N3c4ccccc4NC(=O)c4ccccc43)CC2)CC1. The highest BCUT2D eigenvalue weighted by Crippen LogP contribution is 2.38. The van der Waals surface area contributed by atoms with Crippen LogP contribution in [0.2, 0.25) is 0 Å². The number of nitrogens with zero attached hydrogens (tertiary/aromatic N) is 4. The highest BCUT2D eigenvalue weighted by atomic mass is 16.3. The van der Waals surface area contributed by atoms with Gasteiger partial charge in [-0.05, 0) is 105 Å². The largest absolute Gasteiger partial charge is 0.508 e. The number of hydrogen-bond acceptors (Lipinski definition) is 10. The third kappa shape index (κ3) is 13.5. The van der Waals surface area contributed by atoms with Gasteiger partial charge in [-0.15, -0.1) is 0 Å². The molecule has 3 atom stereocenters. The van der Waals surface area contributed by atoms with E-state index in [9.17, 15) is 33.9 Å². The second-order valence-corrected chi connectivity index (χ2v) is 19.4. The maximum atomic E-state index is 13.9. The molecule has 7 N–H and O–H groups in total. The Morgan fingerprint density at radius 2 is 1.36 bits per heavy atom. The number of aromatic hydroxyl groups is 1. The zero-order chi connectivity index (χ0) is 50.6. The molecule has 72 heavy (non-hydrogen) atoms. The summed E-state index contributed by atoms with van der Waals surface area (Å²) < 4.78 is 0. The number of likely N-dealkylation sites (tertiary alicyclic amines) is 1. The van der Waals surface area contributed by atoms with Crippen LogP contribution < -0.4 is 31.5 Å². The van der Waals surface area contributed by atoms with Crippen LogP contribution in [0.4, 0.5) is 17.1 Å². The second-order valence-electron chi connectivity index (χ2n) is 19.4. The summed E-state index contributed by atoms with van der Waals surface area (Å²) in [6, 6.07) is 25.9. The number of phenols is 1. The van der Waals surface area contributed by atoms with E-state index >= 15 is 0 Å². The summed E-state index contributed by atoms with van der Waals surface area (Å²) in [7, 11) is 0. The Balaban J connectivity index is 0.735. The molecule has 0 spiro atoms. The number of carbonyl (C=O) groups excluding carboxylic acids is 6. The first-order valence-electron chi connectivity index (χ1n) is 25.4. The standard InChI is InChI=1S/C55H68N10O7/c1-37(58-55(72)48(59-38(2)66)34-41-35-57-45-14-5-3-12-43(41)45)52(69)61-47(33-40-18-20-42(67)21-19-40)54(71)56-24-28-63-31-29-62(30-32-63)25-10-9-11-39-22-26-64(27-23-39)36-51(68)65-49-16-7-4-13-44(49)53(70)60-46-15-6-8-17-50(46)65/h3-8,12-21,35,37,39,47-48,57,67H,9-11,22-34,36H2,1-2H3,(H,56,71)(H,58,72)(H,59,66)(H,60,70)(H,61,69)/t37-,47-,48-/m0/s1. The number of anilines is 3. The normalized spacial score (nSPS) is 16.9. The monoisotopic (exact) mass is 981 g/mol. The number of phenolic OH excluding ortho intramolecular Hbond substituents is 1. The number of H-pyrrole nitrogens is 1. The average molecular weight is 981 g/mol. The third-order valence-electron chi connectivity index (χ3n) is 14.2. The average Bonchev–Trinajstić information content (AvgIpc) is 3.73. The summed E-state index contributed by atoms with van der Waals surface area (Å²) in [5.74, 6) is -1.36. The van der Waals surface area contributed by atoms with E-state index in [2.05, 4.69) is 46.3 Å². The first-order chi connectivity index (χ1) is 34.9. The number of piperidine rings is 1. The van der Waals surface area contributed by atoms with E-state index in [0.717, 1.165) is 93.5 Å². The molecule has 6 amide bonds. The van der Waals surface area contributed by atoms with Crippen molar-refractivity contribution < 1.29 is 33.9 Å². The van der Waals surface area contributed by atoms with Gasteiger partial charge in [-0.1, -0.05) is 67.4 Å². The highest BCUT2D eigenvalue weighted by molar-refractivity contribution is 6.18. The number of para-hydroxylation sites is 4. The Kier molecular flexibility index (Phi) is 17.4. The number of hydrogen-bond donors (Lipinski definition) is 7. The van der Waals surface area contributed by atoms with Crippen molar-refractivity contribution >= 4 is 63.4 Å². The molecule has 380 valence electrons. The molecular weight excluding hydrogens is 913 g/mol. The predicted octanol–water partition coefficient (Wildman–Crippen LogP) is 4.70. The molecular formula is C55H68N10O7. The van der Waals surface area contributed by atoms with E-state index in [1.165, 1.54) is 32.4 Å². The fourth-order valence-corrected chi connectivity index (χ4v) is 10.1. The van der Waals surface area contributed by atoms with Crippen LogP contribution in [0.3, 0.4) is 0 Å². The zero-order valence-corrected chi connectivity index (χ0v) is 41.3. The summed E-state index contributed by atoms with van der Waals surface area (Å²) in [6.07, 6.45) is 7.77. The molecule has 2 fully saturated rings. The molecule has 3 aliphatic heterocycles. The lowest BCUT2D eigenvalue weighted by molar-refractivity contribution is -0.133. The van der Waals surface area contributed by atoms with Crippen LogP contribution >= 0.6 is 0 Å². The minimum atomic E-state index is -1.02. The van der Waals surface area contributed by atoms with E-state index in [1.54, 1.807) is 29.3 Å². The summed E-state index contributed by atoms with van der Waals surface area (Å²) in [5, 5.41) is 25.1. The van der Waals surface area contributed by atoms with Crippen LogP contribution in [0.25, 0.3) is 10.9 Å². The maximum Gasteiger partial charge on any atom is 0.257 e. The first kappa shape index (κ1) is 51.3. The van der Waals surface area contributed by atoms with Crippen molar-refractivity contribution in [1.82, 2.24) is 41.0 Å². The van der Waals surface area contributed by atoms with Gasteiger partial charge in [0.1, 0.15) is 23.9 Å². The lowest BCUT2D eigenvalue weighted by Gasteiger charge is -2.35. The molecule has 5 aromatic rings. The Morgan fingerprint density at radius 3 is 2.11 bits per heavy atom. The van der Waals surface area contributed by atoms with E-state index in [1.807, 2.05) is 66.7 Å². The molecule has 4 aromatic carbocycles. The van der Waals surface area contributed by atoms with Gasteiger partial charge in [-0.2, -0.15) is 0 Å². The van der Waals surface area contributed by atoms with Gasteiger partial charge < -0.3 is 41.6 Å². The maximum absolute atomic E-state index is 13.9. The van der Waals surface area contributed by atoms with Crippen molar-refractivity contribution in [2.75, 3.05) is 75.7 Å². The van der Waals surface area contributed by atoms with Crippen molar-refractivity contribution in [3.05, 3.63) is 120 Å². The lowest BCUT2D eigenvalue weighted by atomic mass is 9.91. The van der Waals surface area contributed by atoms with Crippen molar-refractivity contribution in [2.45, 2.75) is 76.9 Å². The van der Waals surface area contributed by atoms with Crippen LogP contribution in [0.5, 0.6) is 5.75 Å². The number of rotatable bonds is 20. The van der Waals surface area contributed by atoms with Gasteiger partial charge >= 0.3 is 0 Å². The summed E-state index contributed by atoms with van der Waals surface area (Å²) >= 11 is 0. The molecule has 0 bridgehead atoms. The number of benzene rings is 4. The van der Waals surface area contributed by atoms with Gasteiger partial charge in [-0.25, -0.2) is 0 Å². The Hall–Kier alpha value is -7.08. The zero-order valence-electron chi connectivity index (χ0n) is 41.3. The van der Waals surface area contributed by atoms with Gasteiger partial charge in [0.05, 0.1) is 29.2 Å². The van der Waals surface area contributed by atoms with Crippen LogP contribution in [-0.4, -0.2) is 144 Å². The van der Waals surface area contributed by atoms with Gasteiger partial charge in [0.2, 0.25) is 29.5 Å². The summed E-state index contributed by atoms with van der Waals surface area (Å²) in [5.41, 5.74) is 4.88. The fourth-order valence-electron chi connectivity index (χ4n) is 10.1. The van der Waals surface area contributed by atoms with Crippen LogP contribution in [0.1, 0.15) is 67.4 Å². The molecule has 0 saturated carbocycles. The Bertz CT molecular complexity index is 2690. The van der Waals surface area contributed by atoms with E-state index in [-0.39, 0.29) is 42.2 Å². The number of amides is 6. The number of aromatic amines is 1. The molecule has 8 rings (SSSR count). The van der Waals surface area contributed by atoms with Crippen molar-refractivity contribution in [3.8, 4) is 5.75 Å². The molecule has 0 unspecified atom stereocenters. The number of fused-ring (bicyclic) bond motifs is 3. The predicted molar refractivity (Wildman–Crippen MR) is 278 cm³/mol. The van der Waals surface area contributed by atoms with Crippen molar-refractivity contribution in [2.24, 2.45) is 5.92 Å². The molecule has 4 heterocycles. The summed E-state index contributed by atoms with van der Waals surface area (Å²) in [6.45, 7) is 10.7. The van der Waals surface area contributed by atoms with Crippen LogP contribution in [0.15, 0.2) is 103 Å². The minimum absolute atomic E-state index is 0.0456. The Labute approximate surface area is 421 Å². The van der Waals surface area contributed by atoms with Crippen molar-refractivity contribution in [1.29, 1.82) is 0 Å². The molecule has 17 heteroatoms. The van der Waals surface area contributed by atoms with E-state index in [4.69, 9.17) is 0 Å². The number of unbranched alkanes of at least 4 members (excludes halogenated alkanes) is 1. The van der Waals surface area contributed by atoms with E-state index < -0.39 is 29.9 Å². The molecule has 3 aliphatic rings. The number of carbonyl (C=O) groups is 6. The molecule has 17 nitrogen and oxygen atoms in total. The molecule has 1 aromatic heterocycles. The Morgan fingerprint density at radius 1 is 0.694 bits per heavy atom. The summed E-state index contributed by atoms with van der Waals surface area (Å²) in [4.78, 5) is 91.9. The second kappa shape index (κ2) is 24.4. The van der Waals surface area contributed by atoms with Crippen molar-refractivity contribution in [3.63, 3.8) is 0 Å². The van der Waals surface area contributed by atoms with Gasteiger partial charge in [-0.3, -0.25) is 43.5 Å². The number of nitrogens with one attached hydrogen (secondary N) is 6. The number of piperazine rings is 1. The van der Waals surface area contributed by atoms with Gasteiger partial charge in [0.15, 0.2) is 0 Å². The smallest absolute Gasteiger partial charge is 0.257 e. The molecule has 0 aliphatic carbocycles. The highest BCUT2D eigenvalue weighted by Gasteiger charge is 2.32. The van der Waals surface area contributed by atoms with Crippen LogP contribution in [-0.2, 0) is 36.8 Å². The quantitative estimate of drug-likeness (QED) is 0.0535. The lowest BCUT2D eigenvalue weighted by Crippen LogP contribution is -2.57. The topological polar surface area (TPSA) is 212 Å². The molecule has 0 radical (unpaired) electrons. The molecule has 2 saturated heterocycles. The fraction of sp³-hybridized carbons (Fsp3) is 0.418. The van der Waals surface area contributed by atoms with E-state index in [0.29, 0.717) is 48.2 Å². The van der Waals surface area contributed by atoms with Crippen LogP contribution in [0, 0.1) is 5.92 Å². The van der Waals surface area contributed by atoms with Gasteiger partial charge in [0, 0.05) is 76.1 Å². The minimum Gasteiger partial charge on any atom is -0.508 e. The first-order valence-corrected chi connectivity index (χ1v) is 25.4. The third-order valence-corrected chi connectivity index (χ3v) is 14.2. The number of aromatic nitrogens is 1.